The summed E-state index contributed by atoms with van der Waals surface area (Å²) in [7, 11) is 0. The molecule has 0 heterocycles. The third kappa shape index (κ3) is 12.9. The van der Waals surface area contributed by atoms with E-state index < -0.39 is 139 Å². The third-order valence-electron chi connectivity index (χ3n) is 0.783. The molecule has 0 atom stereocenters. The maximum atomic E-state index is 11.1. The maximum absolute atomic E-state index is 11.1. The van der Waals surface area contributed by atoms with Gasteiger partial charge in [-0.25, -0.2) is 0 Å². The van der Waals surface area contributed by atoms with Gasteiger partial charge in [0.15, 0.2) is 0 Å². The van der Waals surface area contributed by atoms with Gasteiger partial charge in [-0.1, -0.05) is 0 Å². The summed E-state index contributed by atoms with van der Waals surface area (Å²) in [5.74, 6) is 0. The Morgan fingerprint density at radius 1 is 0.632 bits per heavy atom. The van der Waals surface area contributed by atoms with Gasteiger partial charge in [-0.3, -0.25) is 0 Å². The summed E-state index contributed by atoms with van der Waals surface area (Å²) < 4.78 is 91.0. The van der Waals surface area contributed by atoms with Gasteiger partial charge in [-0.15, -0.1) is 0 Å². The topological polar surface area (TPSA) is 158 Å². The molecule has 0 aromatic carbocycles. The zero-order valence-electron chi connectivity index (χ0n) is 8.19. The van der Waals surface area contributed by atoms with Gasteiger partial charge in [0.05, 0.1) is 0 Å². The van der Waals surface area contributed by atoms with Crippen molar-refractivity contribution in [3.05, 3.63) is 0 Å². The Hall–Kier alpha value is 2.76. The standard InChI is InChI=1S/4Bi.3GeO3.3O/c;;;;3*2-1(3)4;;;/q3*+1;+3;3*-2;;;. The molecule has 0 aromatic rings. The molecule has 0 aromatic heterocycles. The van der Waals surface area contributed by atoms with E-state index in [0.29, 0.717) is 0 Å². The fourth-order valence-corrected chi connectivity index (χ4v) is 45.7. The molecule has 0 radical (unpaired) electrons. The van der Waals surface area contributed by atoms with Crippen molar-refractivity contribution >= 4 is 139 Å². The van der Waals surface area contributed by atoms with Crippen LogP contribution in [-0.4, -0.2) is 139 Å². The molecule has 0 unspecified atom stereocenters. The van der Waals surface area contributed by atoms with Crippen LogP contribution in [0.1, 0.15) is 0 Å². The van der Waals surface area contributed by atoms with Crippen LogP contribution in [-0.2, 0) is 30.8 Å². The molecular formula is Bi4Ge3O12. The number of hydrogen-bond donors (Lipinski definition) is 0. The Morgan fingerprint density at radius 3 is 1.11 bits per heavy atom. The molecule has 0 saturated heterocycles. The molecule has 0 saturated carbocycles. The van der Waals surface area contributed by atoms with Crippen molar-refractivity contribution in [2.75, 3.05) is 0 Å². The summed E-state index contributed by atoms with van der Waals surface area (Å²) in [6.45, 7) is 0. The average Bonchev–Trinajstić information content (AvgIpc) is 2.29. The quantitative estimate of drug-likeness (QED) is 0.176. The second-order valence-corrected chi connectivity index (χ2v) is 32.8. The van der Waals surface area contributed by atoms with Gasteiger partial charge in [0, 0.05) is 0 Å². The predicted molar refractivity (Wildman–Crippen MR) is 50.9 cm³/mol. The van der Waals surface area contributed by atoms with E-state index in [2.05, 4.69) is 11.0 Å². The summed E-state index contributed by atoms with van der Waals surface area (Å²) in [6, 6.07) is 0. The first-order chi connectivity index (χ1) is 9.03. The Kier molecular flexibility index (Phi) is 16.4. The van der Waals surface area contributed by atoms with E-state index >= 15 is 0 Å². The molecule has 0 amide bonds. The molecular weight excluding hydrogens is 1250 g/mol. The molecule has 0 aliphatic carbocycles. The van der Waals surface area contributed by atoms with E-state index in [0.717, 1.165) is 0 Å². The van der Waals surface area contributed by atoms with Crippen LogP contribution in [0.4, 0.5) is 0 Å². The van der Waals surface area contributed by atoms with Crippen molar-refractivity contribution in [2.24, 2.45) is 0 Å². The van der Waals surface area contributed by atoms with Gasteiger partial charge in [0.25, 0.3) is 0 Å². The Labute approximate surface area is 166 Å². The van der Waals surface area contributed by atoms with Crippen LogP contribution in [0.15, 0.2) is 0 Å². The zero-order valence-corrected chi connectivity index (χ0v) is 28.4. The fourth-order valence-electron chi connectivity index (χ4n) is 0.380. The molecule has 0 N–H and O–H groups in total. The molecule has 0 aliphatic heterocycles. The average molecular weight is 1250 g/mol. The van der Waals surface area contributed by atoms with Gasteiger partial charge >= 0.3 is 170 Å². The monoisotopic (exact) mass is 1250 g/mol. The van der Waals surface area contributed by atoms with Crippen LogP contribution >= 0.6 is 0 Å². The van der Waals surface area contributed by atoms with Crippen LogP contribution in [0.3, 0.4) is 0 Å². The third-order valence-corrected chi connectivity index (χ3v) is 35.7. The minimum atomic E-state index is -4.11. The molecule has 0 aliphatic rings. The Bertz CT molecular complexity index is 322. The number of rotatable bonds is 12. The first-order valence-electron chi connectivity index (χ1n) is 3.48. The summed E-state index contributed by atoms with van der Waals surface area (Å²) >= 11 is -23.1. The van der Waals surface area contributed by atoms with Crippen LogP contribution in [0, 0.1) is 0 Å². The van der Waals surface area contributed by atoms with E-state index in [4.69, 9.17) is 0 Å². The van der Waals surface area contributed by atoms with Gasteiger partial charge < -0.3 is 0 Å². The Morgan fingerprint density at radius 2 is 0.895 bits per heavy atom. The molecule has 0 fully saturated rings. The molecule has 12 nitrogen and oxygen atoms in total. The fraction of sp³-hybridized carbons (Fsp3) is 0. The van der Waals surface area contributed by atoms with E-state index in [-0.39, 0.29) is 0 Å². The van der Waals surface area contributed by atoms with Gasteiger partial charge in [0.1, 0.15) is 0 Å². The molecule has 0 bridgehead atoms. The van der Waals surface area contributed by atoms with Crippen molar-refractivity contribution in [1.29, 1.82) is 0 Å². The molecule has 19 heavy (non-hydrogen) atoms. The SMILES string of the molecule is [O]=[Bi][O][Ge](=[O])[O][Bi]([O][Ge](=[O])[O][Bi]=[O])[O][Ge](=[O])[O][Bi]=[O]. The van der Waals surface area contributed by atoms with Crippen molar-refractivity contribution in [3.8, 4) is 0 Å². The summed E-state index contributed by atoms with van der Waals surface area (Å²) in [5, 5.41) is 0. The normalized spacial score (nSPS) is 8.68. The summed E-state index contributed by atoms with van der Waals surface area (Å²) in [4.78, 5) is 0. The van der Waals surface area contributed by atoms with E-state index in [9.17, 15) is 19.8 Å². The molecule has 19 heteroatoms. The summed E-state index contributed by atoms with van der Waals surface area (Å²) in [5.41, 5.74) is 0. The molecule has 0 spiro atoms. The zero-order chi connectivity index (χ0) is 14.7. The van der Waals surface area contributed by atoms with Crippen LogP contribution in [0.25, 0.3) is 0 Å². The van der Waals surface area contributed by atoms with Crippen molar-refractivity contribution in [2.45, 2.75) is 0 Å². The first kappa shape index (κ1) is 21.8. The second-order valence-electron chi connectivity index (χ2n) is 1.74. The van der Waals surface area contributed by atoms with E-state index in [1.807, 2.05) is 0 Å². The Balaban J connectivity index is 4.52. The van der Waals surface area contributed by atoms with E-state index in [1.165, 1.54) is 0 Å². The van der Waals surface area contributed by atoms with Gasteiger partial charge in [-0.2, -0.15) is 0 Å². The van der Waals surface area contributed by atoms with Crippen molar-refractivity contribution < 1.29 is 30.8 Å². The van der Waals surface area contributed by atoms with Crippen LogP contribution in [0.5, 0.6) is 0 Å². The van der Waals surface area contributed by atoms with Gasteiger partial charge in [0.2, 0.25) is 0 Å². The van der Waals surface area contributed by atoms with Crippen molar-refractivity contribution in [3.63, 3.8) is 0 Å². The second kappa shape index (κ2) is 14.4. The predicted octanol–water partition coefficient (Wildman–Crippen LogP) is -3.79. The van der Waals surface area contributed by atoms with Crippen LogP contribution < -0.4 is 0 Å². The minimum absolute atomic E-state index is 2.55. The van der Waals surface area contributed by atoms with Crippen molar-refractivity contribution in [1.82, 2.24) is 0 Å². The van der Waals surface area contributed by atoms with E-state index in [1.54, 1.807) is 0 Å². The van der Waals surface area contributed by atoms with Gasteiger partial charge in [-0.05, 0) is 0 Å². The number of hydrogen-bond acceptors (Lipinski definition) is 12. The summed E-state index contributed by atoms with van der Waals surface area (Å²) in [6.07, 6.45) is 0. The molecule has 104 valence electrons. The first-order valence-corrected chi connectivity index (χ1v) is 24.0. The van der Waals surface area contributed by atoms with Crippen LogP contribution in [0.2, 0.25) is 0 Å². The molecule has 0 rings (SSSR count).